The fraction of sp³-hybridized carbons (Fsp3) is 0.346. The SMILES string of the molecule is CCN(CC)CC(=O)c1c[nH]c(C=C2C(=O)N(Cc3ncc(C)c(OC)c3C)c3nc(N)nc(Cl)c32)c1. The number of rotatable bonds is 9. The molecule has 11 heteroatoms. The van der Waals surface area contributed by atoms with Crippen LogP contribution in [0.1, 0.15) is 52.3 Å². The first-order valence-corrected chi connectivity index (χ1v) is 12.4. The molecule has 37 heavy (non-hydrogen) atoms. The van der Waals surface area contributed by atoms with Gasteiger partial charge >= 0.3 is 0 Å². The van der Waals surface area contributed by atoms with Gasteiger partial charge in [-0.2, -0.15) is 4.98 Å². The zero-order valence-electron chi connectivity index (χ0n) is 21.6. The predicted molar refractivity (Wildman–Crippen MR) is 144 cm³/mol. The molecule has 4 rings (SSSR count). The maximum atomic E-state index is 13.7. The lowest BCUT2D eigenvalue weighted by Gasteiger charge is -2.19. The van der Waals surface area contributed by atoms with E-state index in [1.54, 1.807) is 31.6 Å². The quantitative estimate of drug-likeness (QED) is 0.247. The average Bonchev–Trinajstić information content (AvgIpc) is 3.43. The largest absolute Gasteiger partial charge is 0.496 e. The minimum Gasteiger partial charge on any atom is -0.496 e. The molecule has 1 amide bonds. The van der Waals surface area contributed by atoms with E-state index in [4.69, 9.17) is 22.1 Å². The number of aromatic amines is 1. The van der Waals surface area contributed by atoms with Crippen molar-refractivity contribution >= 4 is 46.7 Å². The van der Waals surface area contributed by atoms with Crippen molar-refractivity contribution in [1.29, 1.82) is 0 Å². The fourth-order valence-electron chi connectivity index (χ4n) is 4.43. The number of pyridine rings is 1. The molecule has 194 valence electrons. The second-order valence-electron chi connectivity index (χ2n) is 8.79. The van der Waals surface area contributed by atoms with E-state index in [1.807, 2.05) is 32.6 Å². The van der Waals surface area contributed by atoms with Crippen LogP contribution >= 0.6 is 11.6 Å². The van der Waals surface area contributed by atoms with Crippen LogP contribution in [0, 0.1) is 13.8 Å². The number of hydrogen-bond donors (Lipinski definition) is 2. The number of carbonyl (C=O) groups excluding carboxylic acids is 2. The molecular formula is C26H30ClN7O3. The fourth-order valence-corrected chi connectivity index (χ4v) is 4.70. The van der Waals surface area contributed by atoms with Crippen molar-refractivity contribution in [2.45, 2.75) is 34.2 Å². The lowest BCUT2D eigenvalue weighted by Crippen LogP contribution is -2.29. The van der Waals surface area contributed by atoms with Crippen LogP contribution < -0.4 is 15.4 Å². The molecule has 0 saturated heterocycles. The number of aryl methyl sites for hydroxylation is 1. The van der Waals surface area contributed by atoms with Crippen LogP contribution in [0.15, 0.2) is 18.5 Å². The third kappa shape index (κ3) is 5.07. The molecule has 3 aromatic rings. The van der Waals surface area contributed by atoms with E-state index in [0.717, 1.165) is 24.2 Å². The number of ether oxygens (including phenoxy) is 1. The number of ketones is 1. The summed E-state index contributed by atoms with van der Waals surface area (Å²) in [7, 11) is 1.60. The number of likely N-dealkylation sites (N-methyl/N-ethyl adjacent to an activating group) is 1. The Morgan fingerprint density at radius 2 is 2.00 bits per heavy atom. The molecule has 0 bridgehead atoms. The molecule has 0 aliphatic carbocycles. The number of nitrogen functional groups attached to an aromatic ring is 1. The van der Waals surface area contributed by atoms with Crippen LogP contribution in [0.5, 0.6) is 5.75 Å². The van der Waals surface area contributed by atoms with Crippen LogP contribution in [-0.4, -0.2) is 63.3 Å². The van der Waals surface area contributed by atoms with Gasteiger partial charge in [0.25, 0.3) is 5.91 Å². The first-order chi connectivity index (χ1) is 17.7. The standard InChI is InChI=1S/C26H30ClN7O3/c1-6-33(7-2)13-20(35)16-8-17(29-11-16)9-18-21-23(27)31-26(28)32-24(21)34(25(18)36)12-19-15(4)22(37-5)14(3)10-30-19/h8-11,29H,6-7,12-13H2,1-5H3,(H2,28,31,32). The van der Waals surface area contributed by atoms with Gasteiger partial charge in [0.15, 0.2) is 11.6 Å². The van der Waals surface area contributed by atoms with E-state index in [0.29, 0.717) is 46.2 Å². The highest BCUT2D eigenvalue weighted by Gasteiger charge is 2.37. The predicted octanol–water partition coefficient (Wildman–Crippen LogP) is 3.67. The molecule has 0 radical (unpaired) electrons. The van der Waals surface area contributed by atoms with Gasteiger partial charge in [0.1, 0.15) is 10.9 Å². The van der Waals surface area contributed by atoms with Crippen molar-refractivity contribution in [2.24, 2.45) is 0 Å². The van der Waals surface area contributed by atoms with Crippen molar-refractivity contribution in [2.75, 3.05) is 37.4 Å². The molecule has 3 aromatic heterocycles. The maximum absolute atomic E-state index is 13.7. The Balaban J connectivity index is 1.71. The number of anilines is 2. The van der Waals surface area contributed by atoms with Crippen LogP contribution in [0.3, 0.4) is 0 Å². The summed E-state index contributed by atoms with van der Waals surface area (Å²) in [6, 6.07) is 1.72. The number of fused-ring (bicyclic) bond motifs is 1. The van der Waals surface area contributed by atoms with E-state index in [9.17, 15) is 9.59 Å². The number of halogens is 1. The van der Waals surface area contributed by atoms with E-state index >= 15 is 0 Å². The maximum Gasteiger partial charge on any atom is 0.260 e. The molecule has 0 unspecified atom stereocenters. The number of carbonyl (C=O) groups is 2. The Kier molecular flexibility index (Phi) is 7.60. The van der Waals surface area contributed by atoms with Crippen molar-refractivity contribution in [3.8, 4) is 5.75 Å². The van der Waals surface area contributed by atoms with E-state index < -0.39 is 0 Å². The minimum atomic E-state index is -0.330. The molecule has 10 nitrogen and oxygen atoms in total. The van der Waals surface area contributed by atoms with Gasteiger partial charge in [-0.15, -0.1) is 0 Å². The summed E-state index contributed by atoms with van der Waals surface area (Å²) >= 11 is 6.46. The third-order valence-electron chi connectivity index (χ3n) is 6.51. The smallest absolute Gasteiger partial charge is 0.260 e. The minimum absolute atomic E-state index is 0.00613. The van der Waals surface area contributed by atoms with Crippen molar-refractivity contribution in [1.82, 2.24) is 24.8 Å². The molecule has 0 aromatic carbocycles. The van der Waals surface area contributed by atoms with Crippen molar-refractivity contribution < 1.29 is 14.3 Å². The second-order valence-corrected chi connectivity index (χ2v) is 9.15. The summed E-state index contributed by atoms with van der Waals surface area (Å²) in [5.41, 5.74) is 10.0. The van der Waals surface area contributed by atoms with Gasteiger partial charge in [-0.05, 0) is 39.1 Å². The Hall–Kier alpha value is -3.76. The normalized spacial score (nSPS) is 14.1. The molecule has 1 aliphatic heterocycles. The molecule has 3 N–H and O–H groups in total. The highest BCUT2D eigenvalue weighted by atomic mass is 35.5. The number of nitrogens with zero attached hydrogens (tertiary/aromatic N) is 5. The number of hydrogen-bond acceptors (Lipinski definition) is 8. The molecule has 0 saturated carbocycles. The Bertz CT molecular complexity index is 1400. The van der Waals surface area contributed by atoms with Crippen molar-refractivity contribution in [3.63, 3.8) is 0 Å². The van der Waals surface area contributed by atoms with E-state index in [-0.39, 0.29) is 29.3 Å². The van der Waals surface area contributed by atoms with Gasteiger partial charge in [-0.25, -0.2) is 4.98 Å². The number of methoxy groups -OCH3 is 1. The third-order valence-corrected chi connectivity index (χ3v) is 6.78. The van der Waals surface area contributed by atoms with Gasteiger partial charge in [0.05, 0.1) is 37.0 Å². The lowest BCUT2D eigenvalue weighted by atomic mass is 10.1. The molecule has 0 fully saturated rings. The summed E-state index contributed by atoms with van der Waals surface area (Å²) in [4.78, 5) is 45.9. The van der Waals surface area contributed by atoms with Gasteiger partial charge in [0, 0.05) is 34.8 Å². The number of aromatic nitrogens is 4. The first kappa shape index (κ1) is 26.3. The highest BCUT2D eigenvalue weighted by Crippen LogP contribution is 2.41. The van der Waals surface area contributed by atoms with Crippen LogP contribution in [0.2, 0.25) is 5.15 Å². The lowest BCUT2D eigenvalue weighted by molar-refractivity contribution is -0.113. The molecule has 4 heterocycles. The van der Waals surface area contributed by atoms with Gasteiger partial charge in [-0.1, -0.05) is 25.4 Å². The average molecular weight is 524 g/mol. The molecule has 0 atom stereocenters. The first-order valence-electron chi connectivity index (χ1n) is 12.0. The monoisotopic (exact) mass is 523 g/mol. The summed E-state index contributed by atoms with van der Waals surface area (Å²) in [6.07, 6.45) is 5.00. The number of nitrogens with one attached hydrogen (secondary N) is 1. The molecule has 1 aliphatic rings. The second kappa shape index (κ2) is 10.7. The van der Waals surface area contributed by atoms with Gasteiger partial charge < -0.3 is 15.5 Å². The summed E-state index contributed by atoms with van der Waals surface area (Å²) in [5, 5.41) is 0.0696. The Morgan fingerprint density at radius 1 is 1.27 bits per heavy atom. The summed E-state index contributed by atoms with van der Waals surface area (Å²) < 4.78 is 5.52. The van der Waals surface area contributed by atoms with Gasteiger partial charge in [-0.3, -0.25) is 24.4 Å². The van der Waals surface area contributed by atoms with Crippen molar-refractivity contribution in [3.05, 3.63) is 57.3 Å². The Morgan fingerprint density at radius 3 is 2.68 bits per heavy atom. The van der Waals surface area contributed by atoms with Crippen LogP contribution in [-0.2, 0) is 11.3 Å². The number of nitrogens with two attached hydrogens (primary N) is 1. The zero-order chi connectivity index (χ0) is 26.9. The topological polar surface area (TPSA) is 130 Å². The molecular weight excluding hydrogens is 494 g/mol. The van der Waals surface area contributed by atoms with E-state index in [2.05, 4.69) is 19.9 Å². The zero-order valence-corrected chi connectivity index (χ0v) is 22.3. The van der Waals surface area contributed by atoms with Crippen LogP contribution in [0.25, 0.3) is 11.6 Å². The summed E-state index contributed by atoms with van der Waals surface area (Å²) in [5.74, 6) is 0.634. The van der Waals surface area contributed by atoms with Gasteiger partial charge in [0.2, 0.25) is 5.95 Å². The highest BCUT2D eigenvalue weighted by molar-refractivity contribution is 6.41. The molecule has 0 spiro atoms. The number of amides is 1. The number of Topliss-reactive ketones (excluding diaryl/α,β-unsaturated/α-hetero) is 1. The number of H-pyrrole nitrogens is 1. The van der Waals surface area contributed by atoms with Crippen LogP contribution in [0.4, 0.5) is 11.8 Å². The Labute approximate surface area is 220 Å². The summed E-state index contributed by atoms with van der Waals surface area (Å²) in [6.45, 7) is 9.86. The van der Waals surface area contributed by atoms with E-state index in [1.165, 1.54) is 4.90 Å².